The number of rotatable bonds is 3. The van der Waals surface area contributed by atoms with E-state index in [1.807, 2.05) is 18.2 Å². The van der Waals surface area contributed by atoms with Crippen molar-refractivity contribution in [2.75, 3.05) is 13.7 Å². The Morgan fingerprint density at radius 3 is 3.16 bits per heavy atom. The number of ether oxygens (including phenoxy) is 1. The predicted molar refractivity (Wildman–Crippen MR) is 74.3 cm³/mol. The van der Waals surface area contributed by atoms with Crippen LogP contribution in [0.1, 0.15) is 38.1 Å². The quantitative estimate of drug-likeness (QED) is 0.920. The molecule has 2 unspecified atom stereocenters. The molecule has 3 rings (SSSR count). The summed E-state index contributed by atoms with van der Waals surface area (Å²) in [6.07, 6.45) is 3.57. The van der Waals surface area contributed by atoms with Gasteiger partial charge in [0.05, 0.1) is 13.2 Å². The molecule has 2 atom stereocenters. The molecule has 0 amide bonds. The summed E-state index contributed by atoms with van der Waals surface area (Å²) < 4.78 is 11.2. The number of benzene rings is 1. The third-order valence-electron chi connectivity index (χ3n) is 4.01. The molecule has 1 aliphatic heterocycles. The predicted octanol–water partition coefficient (Wildman–Crippen LogP) is 3.29. The summed E-state index contributed by atoms with van der Waals surface area (Å²) in [5.74, 6) is 2.33. The minimum Gasteiger partial charge on any atom is -0.494 e. The van der Waals surface area contributed by atoms with Gasteiger partial charge in [-0.05, 0) is 37.4 Å². The van der Waals surface area contributed by atoms with Crippen LogP contribution in [-0.4, -0.2) is 18.6 Å². The summed E-state index contributed by atoms with van der Waals surface area (Å²) >= 11 is 0. The number of hydrogen-bond acceptors (Lipinski definition) is 4. The number of methoxy groups -OCH3 is 1. The number of aromatic nitrogens is 1. The standard InChI is InChI=1S/C15H20N2O2/c1-3-10-7-8-16-11(9-10)15-17-14-12(18-2)5-4-6-13(14)19-15/h4-6,10-11,16H,3,7-9H2,1-2H3. The number of nitrogens with zero attached hydrogens (tertiary/aromatic N) is 1. The number of nitrogens with one attached hydrogen (secondary N) is 1. The highest BCUT2D eigenvalue weighted by molar-refractivity contribution is 5.79. The highest BCUT2D eigenvalue weighted by Gasteiger charge is 2.26. The average molecular weight is 260 g/mol. The fourth-order valence-corrected chi connectivity index (χ4v) is 2.81. The Morgan fingerprint density at radius 2 is 2.37 bits per heavy atom. The monoisotopic (exact) mass is 260 g/mol. The van der Waals surface area contributed by atoms with Crippen LogP contribution >= 0.6 is 0 Å². The number of para-hydroxylation sites is 1. The van der Waals surface area contributed by atoms with Gasteiger partial charge in [0.1, 0.15) is 5.75 Å². The van der Waals surface area contributed by atoms with Crippen LogP contribution in [0.4, 0.5) is 0 Å². The Labute approximate surface area is 113 Å². The van der Waals surface area contributed by atoms with Crippen LogP contribution < -0.4 is 10.1 Å². The molecule has 0 saturated carbocycles. The first-order valence-corrected chi connectivity index (χ1v) is 6.98. The van der Waals surface area contributed by atoms with Gasteiger partial charge < -0.3 is 14.5 Å². The molecule has 4 heteroatoms. The van der Waals surface area contributed by atoms with Crippen molar-refractivity contribution in [2.24, 2.45) is 5.92 Å². The van der Waals surface area contributed by atoms with Crippen molar-refractivity contribution in [3.63, 3.8) is 0 Å². The Morgan fingerprint density at radius 1 is 1.47 bits per heavy atom. The maximum absolute atomic E-state index is 5.89. The van der Waals surface area contributed by atoms with Crippen LogP contribution in [0.2, 0.25) is 0 Å². The zero-order valence-corrected chi connectivity index (χ0v) is 11.5. The lowest BCUT2D eigenvalue weighted by molar-refractivity contribution is 0.268. The molecule has 1 aromatic heterocycles. The molecule has 2 heterocycles. The zero-order valence-electron chi connectivity index (χ0n) is 11.5. The van der Waals surface area contributed by atoms with Gasteiger partial charge in [-0.25, -0.2) is 4.98 Å². The lowest BCUT2D eigenvalue weighted by Crippen LogP contribution is -2.31. The highest BCUT2D eigenvalue weighted by Crippen LogP contribution is 2.32. The van der Waals surface area contributed by atoms with E-state index in [-0.39, 0.29) is 6.04 Å². The first-order valence-electron chi connectivity index (χ1n) is 6.98. The molecular formula is C15H20N2O2. The second-order valence-electron chi connectivity index (χ2n) is 5.16. The van der Waals surface area contributed by atoms with Crippen molar-refractivity contribution in [2.45, 2.75) is 32.2 Å². The fraction of sp³-hybridized carbons (Fsp3) is 0.533. The third kappa shape index (κ3) is 2.32. The molecule has 1 N–H and O–H groups in total. The third-order valence-corrected chi connectivity index (χ3v) is 4.01. The number of hydrogen-bond donors (Lipinski definition) is 1. The summed E-state index contributed by atoms with van der Waals surface area (Å²) in [5.41, 5.74) is 1.62. The molecule has 102 valence electrons. The SMILES string of the molecule is CCC1CCNC(c2nc3c(OC)cccc3o2)C1. The van der Waals surface area contributed by atoms with E-state index < -0.39 is 0 Å². The van der Waals surface area contributed by atoms with E-state index in [4.69, 9.17) is 9.15 Å². The molecule has 1 saturated heterocycles. The van der Waals surface area contributed by atoms with Gasteiger partial charge >= 0.3 is 0 Å². The second kappa shape index (κ2) is 5.21. The molecule has 1 aromatic carbocycles. The summed E-state index contributed by atoms with van der Waals surface area (Å²) in [7, 11) is 1.66. The summed E-state index contributed by atoms with van der Waals surface area (Å²) in [6.45, 7) is 3.29. The van der Waals surface area contributed by atoms with Crippen molar-refractivity contribution < 1.29 is 9.15 Å². The fourth-order valence-electron chi connectivity index (χ4n) is 2.81. The molecule has 0 radical (unpaired) electrons. The molecule has 0 bridgehead atoms. The zero-order chi connectivity index (χ0) is 13.2. The molecule has 4 nitrogen and oxygen atoms in total. The van der Waals surface area contributed by atoms with Gasteiger partial charge in [-0.15, -0.1) is 0 Å². The van der Waals surface area contributed by atoms with Gasteiger partial charge in [0.25, 0.3) is 0 Å². The van der Waals surface area contributed by atoms with E-state index in [2.05, 4.69) is 17.2 Å². The smallest absolute Gasteiger partial charge is 0.212 e. The Hall–Kier alpha value is -1.55. The Balaban J connectivity index is 1.92. The molecule has 1 aliphatic rings. The largest absolute Gasteiger partial charge is 0.494 e. The molecule has 19 heavy (non-hydrogen) atoms. The van der Waals surface area contributed by atoms with Crippen molar-refractivity contribution in [3.05, 3.63) is 24.1 Å². The maximum atomic E-state index is 5.89. The van der Waals surface area contributed by atoms with Crippen LogP contribution in [0.25, 0.3) is 11.1 Å². The Bertz CT molecular complexity index is 564. The minimum absolute atomic E-state index is 0.232. The lowest BCUT2D eigenvalue weighted by Gasteiger charge is -2.27. The van der Waals surface area contributed by atoms with Crippen molar-refractivity contribution >= 4 is 11.1 Å². The number of piperidine rings is 1. The molecule has 0 spiro atoms. The van der Waals surface area contributed by atoms with Crippen molar-refractivity contribution in [1.29, 1.82) is 0 Å². The van der Waals surface area contributed by atoms with E-state index in [9.17, 15) is 0 Å². The Kier molecular flexibility index (Phi) is 3.42. The number of fused-ring (bicyclic) bond motifs is 1. The van der Waals surface area contributed by atoms with E-state index in [1.54, 1.807) is 7.11 Å². The molecular weight excluding hydrogens is 240 g/mol. The molecule has 1 fully saturated rings. The van der Waals surface area contributed by atoms with E-state index in [0.717, 1.165) is 41.6 Å². The maximum Gasteiger partial charge on any atom is 0.212 e. The van der Waals surface area contributed by atoms with Gasteiger partial charge in [-0.3, -0.25) is 0 Å². The van der Waals surface area contributed by atoms with E-state index in [0.29, 0.717) is 0 Å². The van der Waals surface area contributed by atoms with Crippen LogP contribution in [-0.2, 0) is 0 Å². The van der Waals surface area contributed by atoms with E-state index >= 15 is 0 Å². The van der Waals surface area contributed by atoms with Crippen LogP contribution in [0.3, 0.4) is 0 Å². The first kappa shape index (κ1) is 12.5. The normalized spacial score (nSPS) is 23.7. The van der Waals surface area contributed by atoms with Crippen LogP contribution in [0.5, 0.6) is 5.75 Å². The summed E-state index contributed by atoms with van der Waals surface area (Å²) in [4.78, 5) is 4.62. The first-order chi connectivity index (χ1) is 9.31. The minimum atomic E-state index is 0.232. The van der Waals surface area contributed by atoms with Gasteiger partial charge in [-0.2, -0.15) is 0 Å². The van der Waals surface area contributed by atoms with Gasteiger partial charge in [0.2, 0.25) is 5.89 Å². The second-order valence-corrected chi connectivity index (χ2v) is 5.16. The van der Waals surface area contributed by atoms with Crippen LogP contribution in [0, 0.1) is 5.92 Å². The van der Waals surface area contributed by atoms with Crippen molar-refractivity contribution in [1.82, 2.24) is 10.3 Å². The van der Waals surface area contributed by atoms with E-state index in [1.165, 1.54) is 12.8 Å². The van der Waals surface area contributed by atoms with Crippen molar-refractivity contribution in [3.8, 4) is 5.75 Å². The summed E-state index contributed by atoms with van der Waals surface area (Å²) in [6, 6.07) is 6.02. The average Bonchev–Trinajstić information content (AvgIpc) is 2.91. The van der Waals surface area contributed by atoms with Gasteiger partial charge in [0.15, 0.2) is 11.1 Å². The molecule has 0 aliphatic carbocycles. The van der Waals surface area contributed by atoms with Gasteiger partial charge in [-0.1, -0.05) is 19.4 Å². The highest BCUT2D eigenvalue weighted by atomic mass is 16.5. The van der Waals surface area contributed by atoms with Crippen LogP contribution in [0.15, 0.2) is 22.6 Å². The summed E-state index contributed by atoms with van der Waals surface area (Å²) in [5, 5.41) is 3.50. The lowest BCUT2D eigenvalue weighted by atomic mass is 9.90. The topological polar surface area (TPSA) is 47.3 Å². The molecule has 2 aromatic rings. The number of oxazole rings is 1. The van der Waals surface area contributed by atoms with Gasteiger partial charge in [0, 0.05) is 0 Å².